The van der Waals surface area contributed by atoms with E-state index >= 15 is 0 Å². The maximum absolute atomic E-state index is 10.4. The lowest BCUT2D eigenvalue weighted by atomic mass is 10.1. The zero-order valence-electron chi connectivity index (χ0n) is 7.33. The monoisotopic (exact) mass is 160 g/mol. The fourth-order valence-corrected chi connectivity index (χ4v) is 0.649. The maximum atomic E-state index is 10.4. The van der Waals surface area contributed by atoms with Crippen LogP contribution in [-0.4, -0.2) is 23.8 Å². The van der Waals surface area contributed by atoms with E-state index < -0.39 is 11.9 Å². The SMILES string of the molecule is CCCOC(C)C(C)C(=O)O. The lowest BCUT2D eigenvalue weighted by molar-refractivity contribution is -0.146. The lowest BCUT2D eigenvalue weighted by Gasteiger charge is -2.15. The van der Waals surface area contributed by atoms with Crippen molar-refractivity contribution in [3.05, 3.63) is 0 Å². The molecule has 11 heavy (non-hydrogen) atoms. The van der Waals surface area contributed by atoms with Crippen molar-refractivity contribution >= 4 is 5.97 Å². The van der Waals surface area contributed by atoms with E-state index in [1.54, 1.807) is 13.8 Å². The molecule has 0 aromatic rings. The van der Waals surface area contributed by atoms with Crippen molar-refractivity contribution in [2.24, 2.45) is 5.92 Å². The predicted molar refractivity (Wildman–Crippen MR) is 42.5 cm³/mol. The summed E-state index contributed by atoms with van der Waals surface area (Å²) in [6, 6.07) is 0. The van der Waals surface area contributed by atoms with Crippen LogP contribution >= 0.6 is 0 Å². The fourth-order valence-electron chi connectivity index (χ4n) is 0.649. The summed E-state index contributed by atoms with van der Waals surface area (Å²) >= 11 is 0. The molecule has 0 spiro atoms. The van der Waals surface area contributed by atoms with Gasteiger partial charge in [-0.15, -0.1) is 0 Å². The number of ether oxygens (including phenoxy) is 1. The van der Waals surface area contributed by atoms with Gasteiger partial charge in [0.2, 0.25) is 0 Å². The molecule has 3 nitrogen and oxygen atoms in total. The summed E-state index contributed by atoms with van der Waals surface area (Å²) in [6.45, 7) is 6.08. The molecule has 1 N–H and O–H groups in total. The van der Waals surface area contributed by atoms with E-state index in [1.165, 1.54) is 0 Å². The zero-order chi connectivity index (χ0) is 8.85. The van der Waals surface area contributed by atoms with Crippen molar-refractivity contribution in [3.8, 4) is 0 Å². The first kappa shape index (κ1) is 10.4. The Kier molecular flexibility index (Phi) is 4.86. The lowest BCUT2D eigenvalue weighted by Crippen LogP contribution is -2.25. The molecule has 0 radical (unpaired) electrons. The first-order valence-corrected chi connectivity index (χ1v) is 3.94. The molecule has 2 unspecified atom stereocenters. The minimum atomic E-state index is -0.798. The molecule has 0 aliphatic carbocycles. The Balaban J connectivity index is 3.63. The second kappa shape index (κ2) is 5.13. The average Bonchev–Trinajstić information content (AvgIpc) is 1.98. The van der Waals surface area contributed by atoms with Gasteiger partial charge in [-0.1, -0.05) is 6.92 Å². The van der Waals surface area contributed by atoms with E-state index in [0.717, 1.165) is 6.42 Å². The molecule has 0 amide bonds. The largest absolute Gasteiger partial charge is 0.481 e. The van der Waals surface area contributed by atoms with Gasteiger partial charge in [-0.2, -0.15) is 0 Å². The fraction of sp³-hybridized carbons (Fsp3) is 0.875. The highest BCUT2D eigenvalue weighted by molar-refractivity contribution is 5.70. The Morgan fingerprint density at radius 2 is 2.09 bits per heavy atom. The van der Waals surface area contributed by atoms with E-state index in [4.69, 9.17) is 9.84 Å². The van der Waals surface area contributed by atoms with Crippen LogP contribution in [0.15, 0.2) is 0 Å². The molecule has 0 aromatic heterocycles. The van der Waals surface area contributed by atoms with Crippen molar-refractivity contribution in [2.75, 3.05) is 6.61 Å². The third-order valence-corrected chi connectivity index (χ3v) is 1.68. The van der Waals surface area contributed by atoms with E-state index in [9.17, 15) is 4.79 Å². The van der Waals surface area contributed by atoms with Gasteiger partial charge in [-0.05, 0) is 20.3 Å². The second-order valence-electron chi connectivity index (χ2n) is 2.70. The Morgan fingerprint density at radius 1 is 1.55 bits per heavy atom. The first-order valence-electron chi connectivity index (χ1n) is 3.94. The number of hydrogen-bond acceptors (Lipinski definition) is 2. The Morgan fingerprint density at radius 3 is 2.45 bits per heavy atom. The summed E-state index contributed by atoms with van der Waals surface area (Å²) in [7, 11) is 0. The molecule has 0 saturated carbocycles. The Labute approximate surface area is 67.4 Å². The summed E-state index contributed by atoms with van der Waals surface area (Å²) < 4.78 is 5.23. The van der Waals surface area contributed by atoms with Gasteiger partial charge in [0, 0.05) is 6.61 Å². The highest BCUT2D eigenvalue weighted by Crippen LogP contribution is 2.06. The van der Waals surface area contributed by atoms with Crippen LogP contribution in [0, 0.1) is 5.92 Å². The van der Waals surface area contributed by atoms with E-state index in [1.807, 2.05) is 6.92 Å². The molecule has 0 aromatic carbocycles. The van der Waals surface area contributed by atoms with Crippen LogP contribution in [0.3, 0.4) is 0 Å². The second-order valence-corrected chi connectivity index (χ2v) is 2.70. The highest BCUT2D eigenvalue weighted by atomic mass is 16.5. The van der Waals surface area contributed by atoms with Gasteiger partial charge in [0.25, 0.3) is 0 Å². The van der Waals surface area contributed by atoms with Crippen LogP contribution in [-0.2, 0) is 9.53 Å². The molecule has 0 bridgehead atoms. The van der Waals surface area contributed by atoms with Gasteiger partial charge in [-0.3, -0.25) is 4.79 Å². The summed E-state index contributed by atoms with van der Waals surface area (Å²) in [5, 5.41) is 8.57. The van der Waals surface area contributed by atoms with Crippen molar-refractivity contribution in [2.45, 2.75) is 33.3 Å². The van der Waals surface area contributed by atoms with E-state index in [0.29, 0.717) is 6.61 Å². The van der Waals surface area contributed by atoms with Crippen LogP contribution in [0.2, 0.25) is 0 Å². The smallest absolute Gasteiger partial charge is 0.308 e. The number of hydrogen-bond donors (Lipinski definition) is 1. The molecule has 66 valence electrons. The molecular formula is C8H16O3. The number of aliphatic carboxylic acids is 1. The molecule has 0 saturated heterocycles. The van der Waals surface area contributed by atoms with Gasteiger partial charge in [0.1, 0.15) is 0 Å². The van der Waals surface area contributed by atoms with Crippen LogP contribution < -0.4 is 0 Å². The molecule has 0 aliphatic heterocycles. The number of carbonyl (C=O) groups is 1. The third-order valence-electron chi connectivity index (χ3n) is 1.68. The highest BCUT2D eigenvalue weighted by Gasteiger charge is 2.18. The van der Waals surface area contributed by atoms with E-state index in [-0.39, 0.29) is 6.10 Å². The van der Waals surface area contributed by atoms with Crippen LogP contribution in [0.1, 0.15) is 27.2 Å². The first-order chi connectivity index (χ1) is 5.09. The average molecular weight is 160 g/mol. The summed E-state index contributed by atoms with van der Waals surface area (Å²) in [5.41, 5.74) is 0. The summed E-state index contributed by atoms with van der Waals surface area (Å²) in [6.07, 6.45) is 0.740. The van der Waals surface area contributed by atoms with Crippen LogP contribution in [0.4, 0.5) is 0 Å². The van der Waals surface area contributed by atoms with Gasteiger partial charge < -0.3 is 9.84 Å². The van der Waals surface area contributed by atoms with Crippen LogP contribution in [0.5, 0.6) is 0 Å². The molecule has 0 fully saturated rings. The maximum Gasteiger partial charge on any atom is 0.308 e. The Bertz CT molecular complexity index is 123. The van der Waals surface area contributed by atoms with Crippen molar-refractivity contribution in [1.82, 2.24) is 0 Å². The van der Waals surface area contributed by atoms with Gasteiger partial charge >= 0.3 is 5.97 Å². The van der Waals surface area contributed by atoms with Crippen molar-refractivity contribution in [1.29, 1.82) is 0 Å². The van der Waals surface area contributed by atoms with Gasteiger partial charge in [0.15, 0.2) is 0 Å². The minimum Gasteiger partial charge on any atom is -0.481 e. The van der Waals surface area contributed by atoms with E-state index in [2.05, 4.69) is 0 Å². The topological polar surface area (TPSA) is 46.5 Å². The van der Waals surface area contributed by atoms with Gasteiger partial charge in [0.05, 0.1) is 12.0 Å². The normalized spacial score (nSPS) is 15.9. The zero-order valence-corrected chi connectivity index (χ0v) is 7.33. The van der Waals surface area contributed by atoms with Crippen molar-refractivity contribution in [3.63, 3.8) is 0 Å². The molecular weight excluding hydrogens is 144 g/mol. The Hall–Kier alpha value is -0.570. The summed E-state index contributed by atoms with van der Waals surface area (Å²) in [4.78, 5) is 10.4. The van der Waals surface area contributed by atoms with Crippen molar-refractivity contribution < 1.29 is 14.6 Å². The number of carboxylic acid groups (broad SMARTS) is 1. The number of rotatable bonds is 5. The van der Waals surface area contributed by atoms with Crippen LogP contribution in [0.25, 0.3) is 0 Å². The standard InChI is InChI=1S/C8H16O3/c1-4-5-11-7(3)6(2)8(9)10/h6-7H,4-5H2,1-3H3,(H,9,10). The molecule has 2 atom stereocenters. The van der Waals surface area contributed by atoms with Gasteiger partial charge in [-0.25, -0.2) is 0 Å². The number of carboxylic acids is 1. The molecule has 0 heterocycles. The molecule has 0 aliphatic rings. The predicted octanol–water partition coefficient (Wildman–Crippen LogP) is 1.52. The third kappa shape index (κ3) is 3.98. The minimum absolute atomic E-state index is 0.188. The molecule has 0 rings (SSSR count). The quantitative estimate of drug-likeness (QED) is 0.663. The summed E-state index contributed by atoms with van der Waals surface area (Å²) in [5.74, 6) is -1.21. The molecule has 3 heteroatoms.